The molecule has 0 N–H and O–H groups in total. The van der Waals surface area contributed by atoms with Gasteiger partial charge >= 0.3 is 0 Å². The molecular formula is C11H23N. The van der Waals surface area contributed by atoms with Crippen LogP contribution in [-0.4, -0.2) is 24.0 Å². The van der Waals surface area contributed by atoms with Crippen LogP contribution in [0, 0.1) is 5.92 Å². The Balaban J connectivity index is 2.42. The van der Waals surface area contributed by atoms with Gasteiger partial charge in [-0.25, -0.2) is 0 Å². The largest absolute Gasteiger partial charge is 0.300 e. The summed E-state index contributed by atoms with van der Waals surface area (Å²) in [6.45, 7) is 9.68. The minimum atomic E-state index is 0.829. The zero-order valence-electron chi connectivity index (χ0n) is 8.84. The first-order valence-corrected chi connectivity index (χ1v) is 5.48. The van der Waals surface area contributed by atoms with Gasteiger partial charge in [-0.15, -0.1) is 0 Å². The Morgan fingerprint density at radius 2 is 2.00 bits per heavy atom. The lowest BCUT2D eigenvalue weighted by Gasteiger charge is -2.27. The molecule has 1 aliphatic heterocycles. The Labute approximate surface area is 77.1 Å². The van der Waals surface area contributed by atoms with E-state index in [4.69, 9.17) is 0 Å². The third-order valence-corrected chi connectivity index (χ3v) is 3.00. The summed E-state index contributed by atoms with van der Waals surface area (Å²) in [7, 11) is 0. The predicted octanol–water partition coefficient (Wildman–Crippen LogP) is 2.91. The SMILES string of the molecule is CCCN1CC(C)CCCC1C. The molecule has 12 heavy (non-hydrogen) atoms. The summed E-state index contributed by atoms with van der Waals surface area (Å²) in [6, 6.07) is 0.829. The molecule has 0 aromatic heterocycles. The maximum Gasteiger partial charge on any atom is 0.00670 e. The molecule has 1 saturated heterocycles. The van der Waals surface area contributed by atoms with Crippen LogP contribution in [-0.2, 0) is 0 Å². The third kappa shape index (κ3) is 2.78. The first-order chi connectivity index (χ1) is 5.74. The fraction of sp³-hybridized carbons (Fsp3) is 1.00. The Morgan fingerprint density at radius 1 is 1.25 bits per heavy atom. The highest BCUT2D eigenvalue weighted by molar-refractivity contribution is 4.74. The van der Waals surface area contributed by atoms with Gasteiger partial charge in [-0.05, 0) is 38.6 Å². The molecule has 0 aliphatic carbocycles. The number of rotatable bonds is 2. The summed E-state index contributed by atoms with van der Waals surface area (Å²) < 4.78 is 0. The third-order valence-electron chi connectivity index (χ3n) is 3.00. The van der Waals surface area contributed by atoms with Gasteiger partial charge in [-0.2, -0.15) is 0 Å². The lowest BCUT2D eigenvalue weighted by Crippen LogP contribution is -2.35. The molecule has 0 saturated carbocycles. The normalized spacial score (nSPS) is 33.2. The van der Waals surface area contributed by atoms with E-state index >= 15 is 0 Å². The van der Waals surface area contributed by atoms with Gasteiger partial charge in [0.05, 0.1) is 0 Å². The van der Waals surface area contributed by atoms with Gasteiger partial charge in [0, 0.05) is 12.6 Å². The summed E-state index contributed by atoms with van der Waals surface area (Å²) in [5, 5.41) is 0. The van der Waals surface area contributed by atoms with Gasteiger partial charge in [0.15, 0.2) is 0 Å². The van der Waals surface area contributed by atoms with Crippen molar-refractivity contribution in [2.24, 2.45) is 5.92 Å². The molecule has 1 aliphatic rings. The quantitative estimate of drug-likeness (QED) is 0.614. The van der Waals surface area contributed by atoms with Crippen LogP contribution in [0.15, 0.2) is 0 Å². The first-order valence-electron chi connectivity index (χ1n) is 5.48. The lowest BCUT2D eigenvalue weighted by atomic mass is 10.1. The second-order valence-electron chi connectivity index (χ2n) is 4.38. The van der Waals surface area contributed by atoms with Gasteiger partial charge in [0.1, 0.15) is 0 Å². The zero-order valence-corrected chi connectivity index (χ0v) is 8.84. The van der Waals surface area contributed by atoms with Crippen LogP contribution in [0.4, 0.5) is 0 Å². The summed E-state index contributed by atoms with van der Waals surface area (Å²) in [6.07, 6.45) is 5.58. The molecule has 1 nitrogen and oxygen atoms in total. The Morgan fingerprint density at radius 3 is 2.67 bits per heavy atom. The van der Waals surface area contributed by atoms with E-state index in [1.807, 2.05) is 0 Å². The molecule has 1 fully saturated rings. The van der Waals surface area contributed by atoms with Crippen molar-refractivity contribution in [2.45, 2.75) is 52.5 Å². The van der Waals surface area contributed by atoms with Crippen LogP contribution in [0.5, 0.6) is 0 Å². The van der Waals surface area contributed by atoms with E-state index in [1.54, 1.807) is 0 Å². The first kappa shape index (κ1) is 10.0. The van der Waals surface area contributed by atoms with Crippen LogP contribution in [0.1, 0.15) is 46.5 Å². The maximum atomic E-state index is 2.66. The van der Waals surface area contributed by atoms with Crippen molar-refractivity contribution >= 4 is 0 Å². The number of likely N-dealkylation sites (tertiary alicyclic amines) is 1. The van der Waals surface area contributed by atoms with E-state index in [0.29, 0.717) is 0 Å². The fourth-order valence-corrected chi connectivity index (χ4v) is 2.21. The van der Waals surface area contributed by atoms with Crippen LogP contribution < -0.4 is 0 Å². The highest BCUT2D eigenvalue weighted by Crippen LogP contribution is 2.20. The molecule has 2 atom stereocenters. The molecule has 0 aromatic carbocycles. The van der Waals surface area contributed by atoms with E-state index in [-0.39, 0.29) is 0 Å². The van der Waals surface area contributed by atoms with Gasteiger partial charge in [-0.3, -0.25) is 0 Å². The fourth-order valence-electron chi connectivity index (χ4n) is 2.21. The number of nitrogens with zero attached hydrogens (tertiary/aromatic N) is 1. The van der Waals surface area contributed by atoms with Gasteiger partial charge in [0.2, 0.25) is 0 Å². The Bertz CT molecular complexity index is 122. The van der Waals surface area contributed by atoms with Crippen molar-refractivity contribution in [3.05, 3.63) is 0 Å². The van der Waals surface area contributed by atoms with Crippen molar-refractivity contribution in [1.82, 2.24) is 4.90 Å². The summed E-state index contributed by atoms with van der Waals surface area (Å²) >= 11 is 0. The molecule has 1 heteroatoms. The summed E-state index contributed by atoms with van der Waals surface area (Å²) in [4.78, 5) is 2.66. The second kappa shape index (κ2) is 4.86. The molecule has 0 aromatic rings. The molecule has 1 heterocycles. The minimum Gasteiger partial charge on any atom is -0.300 e. The van der Waals surface area contributed by atoms with Crippen molar-refractivity contribution < 1.29 is 0 Å². The molecule has 2 unspecified atom stereocenters. The summed E-state index contributed by atoms with van der Waals surface area (Å²) in [5.41, 5.74) is 0. The smallest absolute Gasteiger partial charge is 0.00670 e. The van der Waals surface area contributed by atoms with E-state index in [9.17, 15) is 0 Å². The predicted molar refractivity (Wildman–Crippen MR) is 54.3 cm³/mol. The lowest BCUT2D eigenvalue weighted by molar-refractivity contribution is 0.195. The number of hydrogen-bond acceptors (Lipinski definition) is 1. The van der Waals surface area contributed by atoms with E-state index in [0.717, 1.165) is 12.0 Å². The van der Waals surface area contributed by atoms with Crippen molar-refractivity contribution in [1.29, 1.82) is 0 Å². The van der Waals surface area contributed by atoms with Crippen LogP contribution >= 0.6 is 0 Å². The highest BCUT2D eigenvalue weighted by atomic mass is 15.1. The average Bonchev–Trinajstić information content (AvgIpc) is 2.16. The van der Waals surface area contributed by atoms with E-state index in [2.05, 4.69) is 25.7 Å². The molecule has 0 amide bonds. The Hall–Kier alpha value is -0.0400. The van der Waals surface area contributed by atoms with Crippen LogP contribution in [0.25, 0.3) is 0 Å². The van der Waals surface area contributed by atoms with E-state index < -0.39 is 0 Å². The summed E-state index contributed by atoms with van der Waals surface area (Å²) in [5.74, 6) is 0.918. The van der Waals surface area contributed by atoms with Gasteiger partial charge in [-0.1, -0.05) is 20.3 Å². The molecule has 0 bridgehead atoms. The van der Waals surface area contributed by atoms with Crippen LogP contribution in [0.3, 0.4) is 0 Å². The molecule has 0 radical (unpaired) electrons. The van der Waals surface area contributed by atoms with Gasteiger partial charge < -0.3 is 4.90 Å². The zero-order chi connectivity index (χ0) is 8.97. The molecule has 72 valence electrons. The maximum absolute atomic E-state index is 2.66. The van der Waals surface area contributed by atoms with Crippen molar-refractivity contribution in [3.8, 4) is 0 Å². The average molecular weight is 169 g/mol. The van der Waals surface area contributed by atoms with Crippen molar-refractivity contribution in [2.75, 3.05) is 13.1 Å². The number of hydrogen-bond donors (Lipinski definition) is 0. The standard InChI is InChI=1S/C11H23N/c1-4-8-12-9-10(2)6-5-7-11(12)3/h10-11H,4-9H2,1-3H3. The van der Waals surface area contributed by atoms with Gasteiger partial charge in [0.25, 0.3) is 0 Å². The van der Waals surface area contributed by atoms with Crippen molar-refractivity contribution in [3.63, 3.8) is 0 Å². The topological polar surface area (TPSA) is 3.24 Å². The molecule has 0 spiro atoms. The monoisotopic (exact) mass is 169 g/mol. The van der Waals surface area contributed by atoms with Crippen LogP contribution in [0.2, 0.25) is 0 Å². The minimum absolute atomic E-state index is 0.829. The molecular weight excluding hydrogens is 146 g/mol. The Kier molecular flexibility index (Phi) is 4.07. The second-order valence-corrected chi connectivity index (χ2v) is 4.38. The molecule has 1 rings (SSSR count). The highest BCUT2D eigenvalue weighted by Gasteiger charge is 2.19. The van der Waals surface area contributed by atoms with E-state index in [1.165, 1.54) is 38.8 Å².